The fourth-order valence-electron chi connectivity index (χ4n) is 2.99. The predicted octanol–water partition coefficient (Wildman–Crippen LogP) is 2.93. The highest BCUT2D eigenvalue weighted by molar-refractivity contribution is 5.20. The van der Waals surface area contributed by atoms with Crippen LogP contribution in [0.5, 0.6) is 0 Å². The molecule has 18 heavy (non-hydrogen) atoms. The van der Waals surface area contributed by atoms with Crippen LogP contribution in [0.1, 0.15) is 42.8 Å². The van der Waals surface area contributed by atoms with Gasteiger partial charge in [-0.15, -0.1) is 0 Å². The fraction of sp³-hybridized carbons (Fsp3) is 0.733. The number of nitrogens with zero attached hydrogens (tertiary/aromatic N) is 1. The Labute approximate surface area is 111 Å². The molecule has 0 aliphatic heterocycles. The van der Waals surface area contributed by atoms with Crippen molar-refractivity contribution in [3.8, 4) is 0 Å². The van der Waals surface area contributed by atoms with Crippen molar-refractivity contribution in [1.29, 1.82) is 0 Å². The van der Waals surface area contributed by atoms with Gasteiger partial charge in [-0.3, -0.25) is 0 Å². The van der Waals surface area contributed by atoms with Crippen LogP contribution in [0, 0.1) is 12.8 Å². The average molecular weight is 250 g/mol. The summed E-state index contributed by atoms with van der Waals surface area (Å²) in [5.41, 5.74) is 1.33. The lowest BCUT2D eigenvalue weighted by Crippen LogP contribution is -2.24. The number of rotatable bonds is 6. The Morgan fingerprint density at radius 3 is 2.78 bits per heavy atom. The largest absolute Gasteiger partial charge is 0.465 e. The minimum atomic E-state index is 0.813. The van der Waals surface area contributed by atoms with Crippen LogP contribution in [0.3, 0.4) is 0 Å². The summed E-state index contributed by atoms with van der Waals surface area (Å²) in [6.07, 6.45) is 5.69. The first-order chi connectivity index (χ1) is 8.69. The van der Waals surface area contributed by atoms with E-state index in [-0.39, 0.29) is 0 Å². The van der Waals surface area contributed by atoms with Gasteiger partial charge in [-0.2, -0.15) is 0 Å². The molecule has 1 aromatic rings. The van der Waals surface area contributed by atoms with Gasteiger partial charge < -0.3 is 14.6 Å². The zero-order valence-electron chi connectivity index (χ0n) is 12.0. The molecule has 1 fully saturated rings. The van der Waals surface area contributed by atoms with Gasteiger partial charge in [0.15, 0.2) is 0 Å². The maximum absolute atomic E-state index is 5.74. The molecule has 0 spiro atoms. The lowest BCUT2D eigenvalue weighted by Gasteiger charge is -2.20. The first-order valence-corrected chi connectivity index (χ1v) is 7.10. The summed E-state index contributed by atoms with van der Waals surface area (Å²) >= 11 is 0. The Kier molecular flexibility index (Phi) is 4.84. The van der Waals surface area contributed by atoms with Crippen LogP contribution in [0.4, 0.5) is 0 Å². The van der Waals surface area contributed by atoms with Crippen LogP contribution in [0.2, 0.25) is 0 Å². The molecule has 0 bridgehead atoms. The highest BCUT2D eigenvalue weighted by Gasteiger charge is 2.17. The fourth-order valence-corrected chi connectivity index (χ4v) is 2.99. The molecular formula is C15H26N2O. The van der Waals surface area contributed by atoms with Crippen LogP contribution in [0.15, 0.2) is 10.5 Å². The number of furan rings is 1. The molecule has 0 saturated heterocycles. The van der Waals surface area contributed by atoms with E-state index in [0.29, 0.717) is 0 Å². The molecule has 0 unspecified atom stereocenters. The number of hydrogen-bond donors (Lipinski definition) is 1. The molecule has 0 radical (unpaired) electrons. The van der Waals surface area contributed by atoms with E-state index in [1.54, 1.807) is 0 Å². The van der Waals surface area contributed by atoms with Crippen LogP contribution in [-0.4, -0.2) is 25.5 Å². The highest BCUT2D eigenvalue weighted by Crippen LogP contribution is 2.26. The van der Waals surface area contributed by atoms with Crippen molar-refractivity contribution >= 4 is 0 Å². The second-order valence-corrected chi connectivity index (χ2v) is 5.67. The SMILES string of the molecule is CNCc1cc(CN(C)CC2CCCC2)c(C)o1. The molecule has 1 aromatic heterocycles. The standard InChI is InChI=1S/C15H26N2O/c1-12-14(8-15(18-12)9-16-2)11-17(3)10-13-6-4-5-7-13/h8,13,16H,4-7,9-11H2,1-3H3. The smallest absolute Gasteiger partial charge is 0.118 e. The molecular weight excluding hydrogens is 224 g/mol. The molecule has 0 aromatic carbocycles. The molecule has 1 N–H and O–H groups in total. The van der Waals surface area contributed by atoms with Gasteiger partial charge in [-0.25, -0.2) is 0 Å². The summed E-state index contributed by atoms with van der Waals surface area (Å²) in [6, 6.07) is 2.19. The van der Waals surface area contributed by atoms with E-state index in [2.05, 4.69) is 30.3 Å². The number of nitrogens with one attached hydrogen (secondary N) is 1. The molecule has 2 rings (SSSR count). The molecule has 1 aliphatic rings. The lowest BCUT2D eigenvalue weighted by molar-refractivity contribution is 0.269. The maximum Gasteiger partial charge on any atom is 0.118 e. The van der Waals surface area contributed by atoms with Gasteiger partial charge in [-0.1, -0.05) is 12.8 Å². The van der Waals surface area contributed by atoms with Crippen LogP contribution < -0.4 is 5.32 Å². The third-order valence-corrected chi connectivity index (χ3v) is 3.91. The topological polar surface area (TPSA) is 28.4 Å². The van der Waals surface area contributed by atoms with Crippen molar-refractivity contribution in [1.82, 2.24) is 10.2 Å². The van der Waals surface area contributed by atoms with E-state index < -0.39 is 0 Å². The van der Waals surface area contributed by atoms with E-state index in [9.17, 15) is 0 Å². The Morgan fingerprint density at radius 1 is 1.39 bits per heavy atom. The summed E-state index contributed by atoms with van der Waals surface area (Å²) in [5.74, 6) is 3.02. The molecule has 1 heterocycles. The van der Waals surface area contributed by atoms with Crippen molar-refractivity contribution in [2.45, 2.75) is 45.7 Å². The molecule has 0 atom stereocenters. The van der Waals surface area contributed by atoms with Gasteiger partial charge >= 0.3 is 0 Å². The monoisotopic (exact) mass is 250 g/mol. The Balaban J connectivity index is 1.87. The van der Waals surface area contributed by atoms with Gasteiger partial charge in [0.25, 0.3) is 0 Å². The Bertz CT molecular complexity index is 367. The minimum absolute atomic E-state index is 0.813. The zero-order valence-corrected chi connectivity index (χ0v) is 12.0. The van der Waals surface area contributed by atoms with E-state index in [1.165, 1.54) is 37.8 Å². The van der Waals surface area contributed by atoms with E-state index in [1.807, 2.05) is 7.05 Å². The summed E-state index contributed by atoms with van der Waals surface area (Å²) in [5, 5.41) is 3.13. The normalized spacial score (nSPS) is 16.9. The van der Waals surface area contributed by atoms with E-state index in [4.69, 9.17) is 4.42 Å². The lowest BCUT2D eigenvalue weighted by atomic mass is 10.1. The van der Waals surface area contributed by atoms with Crippen LogP contribution in [-0.2, 0) is 13.1 Å². The van der Waals surface area contributed by atoms with Gasteiger partial charge in [0.1, 0.15) is 11.5 Å². The average Bonchev–Trinajstić information content (AvgIpc) is 2.91. The Hall–Kier alpha value is -0.800. The second kappa shape index (κ2) is 6.39. The van der Waals surface area contributed by atoms with Gasteiger partial charge in [-0.05, 0) is 45.8 Å². The maximum atomic E-state index is 5.74. The van der Waals surface area contributed by atoms with Crippen molar-refractivity contribution in [3.63, 3.8) is 0 Å². The highest BCUT2D eigenvalue weighted by atomic mass is 16.3. The predicted molar refractivity (Wildman–Crippen MR) is 74.5 cm³/mol. The minimum Gasteiger partial charge on any atom is -0.465 e. The van der Waals surface area contributed by atoms with E-state index in [0.717, 1.165) is 30.5 Å². The third kappa shape index (κ3) is 3.59. The molecule has 102 valence electrons. The van der Waals surface area contributed by atoms with Gasteiger partial charge in [0, 0.05) is 18.7 Å². The molecule has 3 heteroatoms. The zero-order chi connectivity index (χ0) is 13.0. The van der Waals surface area contributed by atoms with Crippen molar-refractivity contribution in [3.05, 3.63) is 23.2 Å². The summed E-state index contributed by atoms with van der Waals surface area (Å²) in [7, 11) is 4.17. The van der Waals surface area contributed by atoms with Crippen LogP contribution >= 0.6 is 0 Å². The van der Waals surface area contributed by atoms with Gasteiger partial charge in [0.05, 0.1) is 6.54 Å². The summed E-state index contributed by atoms with van der Waals surface area (Å²) in [4.78, 5) is 2.44. The quantitative estimate of drug-likeness (QED) is 0.841. The van der Waals surface area contributed by atoms with Crippen molar-refractivity contribution in [2.24, 2.45) is 5.92 Å². The third-order valence-electron chi connectivity index (χ3n) is 3.91. The molecule has 3 nitrogen and oxygen atoms in total. The first kappa shape index (κ1) is 13.6. The summed E-state index contributed by atoms with van der Waals surface area (Å²) in [6.45, 7) is 5.12. The second-order valence-electron chi connectivity index (χ2n) is 5.67. The van der Waals surface area contributed by atoms with E-state index >= 15 is 0 Å². The first-order valence-electron chi connectivity index (χ1n) is 7.10. The van der Waals surface area contributed by atoms with Crippen molar-refractivity contribution in [2.75, 3.05) is 20.6 Å². The summed E-state index contributed by atoms with van der Waals surface area (Å²) < 4.78 is 5.74. The van der Waals surface area contributed by atoms with Gasteiger partial charge in [0.2, 0.25) is 0 Å². The number of hydrogen-bond acceptors (Lipinski definition) is 3. The molecule has 1 saturated carbocycles. The molecule has 0 amide bonds. The number of aryl methyl sites for hydroxylation is 1. The molecule has 1 aliphatic carbocycles. The van der Waals surface area contributed by atoms with Crippen molar-refractivity contribution < 1.29 is 4.42 Å². The Morgan fingerprint density at radius 2 is 2.11 bits per heavy atom. The van der Waals surface area contributed by atoms with Crippen LogP contribution in [0.25, 0.3) is 0 Å².